The van der Waals surface area contributed by atoms with E-state index in [4.69, 9.17) is 0 Å². The van der Waals surface area contributed by atoms with Gasteiger partial charge in [-0.25, -0.2) is 4.39 Å². The van der Waals surface area contributed by atoms with Crippen molar-refractivity contribution in [1.29, 1.82) is 0 Å². The SMILES string of the molecule is COC(=O)C[C@]1(O)c2ccccc2N(C(C)=O)[C@@H]1F. The Balaban J connectivity index is 2.51. The van der Waals surface area contributed by atoms with Gasteiger partial charge in [0.05, 0.1) is 19.2 Å². The maximum Gasteiger partial charge on any atom is 0.308 e. The number of carbonyl (C=O) groups is 2. The first-order valence-corrected chi connectivity index (χ1v) is 5.74. The van der Waals surface area contributed by atoms with Gasteiger partial charge >= 0.3 is 5.97 Å². The minimum Gasteiger partial charge on any atom is -0.469 e. The normalized spacial score (nSPS) is 25.1. The molecule has 2 rings (SSSR count). The third-order valence-electron chi connectivity index (χ3n) is 3.23. The molecule has 1 aliphatic heterocycles. The molecule has 102 valence electrons. The van der Waals surface area contributed by atoms with Crippen LogP contribution in [0.25, 0.3) is 0 Å². The van der Waals surface area contributed by atoms with Crippen LogP contribution in [0.4, 0.5) is 10.1 Å². The van der Waals surface area contributed by atoms with E-state index in [2.05, 4.69) is 4.74 Å². The van der Waals surface area contributed by atoms with Crippen molar-refractivity contribution in [2.75, 3.05) is 12.0 Å². The Morgan fingerprint density at radius 3 is 2.68 bits per heavy atom. The van der Waals surface area contributed by atoms with Crippen LogP contribution in [0.1, 0.15) is 18.9 Å². The summed E-state index contributed by atoms with van der Waals surface area (Å²) < 4.78 is 18.9. The lowest BCUT2D eigenvalue weighted by molar-refractivity contribution is -0.150. The number of hydrogen-bond acceptors (Lipinski definition) is 4. The Morgan fingerprint density at radius 1 is 1.47 bits per heavy atom. The van der Waals surface area contributed by atoms with Gasteiger partial charge in [0.15, 0.2) is 5.60 Å². The molecule has 1 aliphatic rings. The van der Waals surface area contributed by atoms with E-state index < -0.39 is 30.2 Å². The lowest BCUT2D eigenvalue weighted by atomic mass is 9.92. The van der Waals surface area contributed by atoms with E-state index in [-0.39, 0.29) is 11.3 Å². The summed E-state index contributed by atoms with van der Waals surface area (Å²) in [4.78, 5) is 23.7. The number of amides is 1. The molecule has 0 saturated carbocycles. The zero-order valence-electron chi connectivity index (χ0n) is 10.6. The average Bonchev–Trinajstić information content (AvgIpc) is 2.59. The van der Waals surface area contributed by atoms with Gasteiger partial charge in [-0.1, -0.05) is 18.2 Å². The molecule has 19 heavy (non-hydrogen) atoms. The van der Waals surface area contributed by atoms with Crippen LogP contribution in [0.5, 0.6) is 0 Å². The fraction of sp³-hybridized carbons (Fsp3) is 0.385. The quantitative estimate of drug-likeness (QED) is 0.643. The van der Waals surface area contributed by atoms with Crippen LogP contribution in [0.3, 0.4) is 0 Å². The molecule has 6 heteroatoms. The molecule has 5 nitrogen and oxygen atoms in total. The highest BCUT2D eigenvalue weighted by molar-refractivity contribution is 5.95. The molecule has 1 aromatic carbocycles. The fourth-order valence-electron chi connectivity index (χ4n) is 2.31. The summed E-state index contributed by atoms with van der Waals surface area (Å²) in [7, 11) is 1.16. The minimum atomic E-state index is -2.07. The second-order valence-electron chi connectivity index (χ2n) is 4.42. The summed E-state index contributed by atoms with van der Waals surface area (Å²) in [5.74, 6) is -1.29. The molecule has 1 aromatic rings. The number of nitrogens with zero attached hydrogens (tertiary/aromatic N) is 1. The van der Waals surface area contributed by atoms with Gasteiger partial charge in [-0.3, -0.25) is 14.5 Å². The van der Waals surface area contributed by atoms with Gasteiger partial charge in [0, 0.05) is 12.5 Å². The summed E-state index contributed by atoms with van der Waals surface area (Å²) >= 11 is 0. The monoisotopic (exact) mass is 267 g/mol. The number of esters is 1. The van der Waals surface area contributed by atoms with Crippen molar-refractivity contribution >= 4 is 17.6 Å². The maximum absolute atomic E-state index is 14.4. The van der Waals surface area contributed by atoms with Gasteiger partial charge in [0.1, 0.15) is 0 Å². The molecule has 0 bridgehead atoms. The van der Waals surface area contributed by atoms with Gasteiger partial charge in [-0.05, 0) is 6.07 Å². The predicted molar refractivity (Wildman–Crippen MR) is 65.0 cm³/mol. The Bertz CT molecular complexity index is 533. The maximum atomic E-state index is 14.4. The minimum absolute atomic E-state index is 0.211. The van der Waals surface area contributed by atoms with Crippen LogP contribution >= 0.6 is 0 Å². The number of aliphatic hydroxyl groups is 1. The lowest BCUT2D eigenvalue weighted by Gasteiger charge is -2.27. The highest BCUT2D eigenvalue weighted by Gasteiger charge is 2.53. The van der Waals surface area contributed by atoms with Crippen LogP contribution in [0.2, 0.25) is 0 Å². The van der Waals surface area contributed by atoms with Gasteiger partial charge in [-0.2, -0.15) is 0 Å². The number of methoxy groups -OCH3 is 1. The number of rotatable bonds is 2. The number of carbonyl (C=O) groups excluding carboxylic acids is 2. The first-order valence-electron chi connectivity index (χ1n) is 5.74. The molecule has 0 unspecified atom stereocenters. The molecule has 1 N–H and O–H groups in total. The molecule has 0 aromatic heterocycles. The van der Waals surface area contributed by atoms with Gasteiger partial charge in [0.2, 0.25) is 12.2 Å². The Kier molecular flexibility index (Phi) is 3.28. The van der Waals surface area contributed by atoms with Crippen molar-refractivity contribution in [2.24, 2.45) is 0 Å². The van der Waals surface area contributed by atoms with E-state index in [1.54, 1.807) is 12.1 Å². The first-order chi connectivity index (χ1) is 8.91. The average molecular weight is 267 g/mol. The van der Waals surface area contributed by atoms with Crippen molar-refractivity contribution in [2.45, 2.75) is 25.2 Å². The number of anilines is 1. The standard InChI is InChI=1S/C13H14FNO4/c1-8(16)15-10-6-4-3-5-9(10)13(18,12(15)14)7-11(17)19-2/h3-6,12,18H,7H2,1-2H3/t12-,13-/m0/s1. The van der Waals surface area contributed by atoms with Crippen molar-refractivity contribution in [3.63, 3.8) is 0 Å². The van der Waals surface area contributed by atoms with E-state index in [1.165, 1.54) is 19.1 Å². The number of para-hydroxylation sites is 1. The van der Waals surface area contributed by atoms with Crippen molar-refractivity contribution in [1.82, 2.24) is 0 Å². The van der Waals surface area contributed by atoms with E-state index in [0.717, 1.165) is 12.0 Å². The van der Waals surface area contributed by atoms with Crippen LogP contribution < -0.4 is 4.90 Å². The number of halogens is 1. The summed E-state index contributed by atoms with van der Waals surface area (Å²) in [6, 6.07) is 6.26. The molecule has 0 saturated heterocycles. The fourth-order valence-corrected chi connectivity index (χ4v) is 2.31. The number of benzene rings is 1. The van der Waals surface area contributed by atoms with Crippen molar-refractivity contribution < 1.29 is 23.8 Å². The Morgan fingerprint density at radius 2 is 2.11 bits per heavy atom. The van der Waals surface area contributed by atoms with Crippen LogP contribution in [0.15, 0.2) is 24.3 Å². The number of alkyl halides is 1. The number of hydrogen-bond donors (Lipinski definition) is 1. The molecule has 1 heterocycles. The summed E-state index contributed by atoms with van der Waals surface area (Å²) in [5, 5.41) is 10.5. The van der Waals surface area contributed by atoms with Crippen molar-refractivity contribution in [3.05, 3.63) is 29.8 Å². The smallest absolute Gasteiger partial charge is 0.308 e. The molecular weight excluding hydrogens is 253 g/mol. The third kappa shape index (κ3) is 1.98. The summed E-state index contributed by atoms with van der Waals surface area (Å²) in [6.45, 7) is 1.20. The van der Waals surface area contributed by atoms with E-state index in [9.17, 15) is 19.1 Å². The van der Waals surface area contributed by atoms with Crippen molar-refractivity contribution in [3.8, 4) is 0 Å². The molecule has 0 aliphatic carbocycles. The van der Waals surface area contributed by atoms with E-state index in [1.807, 2.05) is 0 Å². The number of ether oxygens (including phenoxy) is 1. The topological polar surface area (TPSA) is 66.8 Å². The van der Waals surface area contributed by atoms with Gasteiger partial charge < -0.3 is 9.84 Å². The number of fused-ring (bicyclic) bond motifs is 1. The third-order valence-corrected chi connectivity index (χ3v) is 3.23. The largest absolute Gasteiger partial charge is 0.469 e. The van der Waals surface area contributed by atoms with E-state index in [0.29, 0.717) is 0 Å². The zero-order valence-corrected chi connectivity index (χ0v) is 10.6. The van der Waals surface area contributed by atoms with Gasteiger partial charge in [0.25, 0.3) is 0 Å². The molecule has 0 fully saturated rings. The second kappa shape index (κ2) is 4.62. The highest BCUT2D eigenvalue weighted by Crippen LogP contribution is 2.46. The molecule has 1 amide bonds. The summed E-state index contributed by atoms with van der Waals surface area (Å²) in [6.07, 6.45) is -2.56. The molecular formula is C13H14FNO4. The van der Waals surface area contributed by atoms with Crippen LogP contribution in [-0.4, -0.2) is 30.4 Å². The van der Waals surface area contributed by atoms with Crippen LogP contribution in [-0.2, 0) is 19.9 Å². The Hall–Kier alpha value is -1.95. The molecule has 2 atom stereocenters. The van der Waals surface area contributed by atoms with E-state index >= 15 is 0 Å². The predicted octanol–water partition coefficient (Wildman–Crippen LogP) is 1.10. The first kappa shape index (κ1) is 13.5. The van der Waals surface area contributed by atoms with Gasteiger partial charge in [-0.15, -0.1) is 0 Å². The highest BCUT2D eigenvalue weighted by atomic mass is 19.1. The summed E-state index contributed by atoms with van der Waals surface area (Å²) in [5.41, 5.74) is -1.59. The van der Waals surface area contributed by atoms with Crippen LogP contribution in [0, 0.1) is 0 Å². The zero-order chi connectivity index (χ0) is 14.2. The lowest BCUT2D eigenvalue weighted by Crippen LogP contribution is -2.45. The molecule has 0 radical (unpaired) electrons. The molecule has 0 spiro atoms. The Labute approximate surface area is 109 Å². The second-order valence-corrected chi connectivity index (χ2v) is 4.42.